The Morgan fingerprint density at radius 3 is 3.08 bits per heavy atom. The summed E-state index contributed by atoms with van der Waals surface area (Å²) >= 11 is 0. The van der Waals surface area contributed by atoms with Crippen LogP contribution in [0, 0.1) is 6.92 Å². The number of rotatable bonds is 1. The van der Waals surface area contributed by atoms with Gasteiger partial charge < -0.3 is 9.51 Å². The van der Waals surface area contributed by atoms with Crippen LogP contribution in [0.15, 0.2) is 24.5 Å². The van der Waals surface area contributed by atoms with Crippen molar-refractivity contribution >= 4 is 11.5 Å². The molecule has 0 unspecified atom stereocenters. The van der Waals surface area contributed by atoms with Gasteiger partial charge in [-0.25, -0.2) is 9.78 Å². The minimum absolute atomic E-state index is 0.102. The van der Waals surface area contributed by atoms with Crippen molar-refractivity contribution < 1.29 is 9.90 Å². The van der Waals surface area contributed by atoms with E-state index in [9.17, 15) is 4.79 Å². The van der Waals surface area contributed by atoms with E-state index in [-0.39, 0.29) is 5.69 Å². The molecular weight excluding hydrogens is 168 g/mol. The molecule has 2 aromatic rings. The van der Waals surface area contributed by atoms with Crippen molar-refractivity contribution in [3.8, 4) is 0 Å². The van der Waals surface area contributed by atoms with E-state index in [0.29, 0.717) is 11.2 Å². The smallest absolute Gasteiger partial charge is 0.356 e. The SMILES string of the molecule is Cc1cn2cccc2c(C(=O)O)n1. The molecule has 0 fully saturated rings. The molecule has 13 heavy (non-hydrogen) atoms. The number of fused-ring (bicyclic) bond motifs is 1. The van der Waals surface area contributed by atoms with E-state index in [2.05, 4.69) is 4.98 Å². The van der Waals surface area contributed by atoms with Crippen LogP contribution in [0.4, 0.5) is 0 Å². The largest absolute Gasteiger partial charge is 0.476 e. The van der Waals surface area contributed by atoms with E-state index >= 15 is 0 Å². The Morgan fingerprint density at radius 1 is 1.62 bits per heavy atom. The third kappa shape index (κ3) is 1.16. The van der Waals surface area contributed by atoms with Crippen LogP contribution in [0.25, 0.3) is 5.52 Å². The molecule has 0 radical (unpaired) electrons. The molecule has 0 aliphatic carbocycles. The highest BCUT2D eigenvalue weighted by Gasteiger charge is 2.10. The molecule has 0 aliphatic heterocycles. The summed E-state index contributed by atoms with van der Waals surface area (Å²) in [6.45, 7) is 1.77. The van der Waals surface area contributed by atoms with Gasteiger partial charge in [-0.15, -0.1) is 0 Å². The van der Waals surface area contributed by atoms with Crippen LogP contribution in [-0.4, -0.2) is 20.5 Å². The number of hydrogen-bond donors (Lipinski definition) is 1. The van der Waals surface area contributed by atoms with Gasteiger partial charge >= 0.3 is 5.97 Å². The lowest BCUT2D eigenvalue weighted by Gasteiger charge is -2.00. The fourth-order valence-electron chi connectivity index (χ4n) is 1.33. The van der Waals surface area contributed by atoms with Gasteiger partial charge in [0.15, 0.2) is 5.69 Å². The Hall–Kier alpha value is -1.84. The van der Waals surface area contributed by atoms with E-state index in [1.54, 1.807) is 35.9 Å². The van der Waals surface area contributed by atoms with Gasteiger partial charge in [-0.3, -0.25) is 0 Å². The van der Waals surface area contributed by atoms with Crippen molar-refractivity contribution in [2.24, 2.45) is 0 Å². The highest BCUT2D eigenvalue weighted by atomic mass is 16.4. The molecular formula is C9H8N2O2. The van der Waals surface area contributed by atoms with Crippen molar-refractivity contribution in [3.63, 3.8) is 0 Å². The normalized spacial score (nSPS) is 10.5. The quantitative estimate of drug-likeness (QED) is 0.713. The summed E-state index contributed by atoms with van der Waals surface area (Å²) < 4.78 is 1.76. The highest BCUT2D eigenvalue weighted by Crippen LogP contribution is 2.10. The predicted molar refractivity (Wildman–Crippen MR) is 46.9 cm³/mol. The predicted octanol–water partition coefficient (Wildman–Crippen LogP) is 1.34. The number of aromatic nitrogens is 2. The topological polar surface area (TPSA) is 54.6 Å². The Bertz CT molecular complexity index is 473. The maximum Gasteiger partial charge on any atom is 0.356 e. The van der Waals surface area contributed by atoms with Crippen LogP contribution < -0.4 is 0 Å². The molecule has 0 aromatic carbocycles. The second-order valence-corrected chi connectivity index (χ2v) is 2.84. The molecule has 2 aromatic heterocycles. The Kier molecular flexibility index (Phi) is 1.55. The molecule has 0 saturated heterocycles. The first-order valence-electron chi connectivity index (χ1n) is 3.86. The van der Waals surface area contributed by atoms with Gasteiger partial charge in [0.1, 0.15) is 0 Å². The molecule has 4 nitrogen and oxygen atoms in total. The highest BCUT2D eigenvalue weighted by molar-refractivity contribution is 5.93. The lowest BCUT2D eigenvalue weighted by Crippen LogP contribution is -2.04. The van der Waals surface area contributed by atoms with Crippen LogP contribution >= 0.6 is 0 Å². The fourth-order valence-corrected chi connectivity index (χ4v) is 1.33. The molecule has 0 amide bonds. The molecule has 0 spiro atoms. The number of carbonyl (C=O) groups is 1. The van der Waals surface area contributed by atoms with Crippen molar-refractivity contribution in [2.75, 3.05) is 0 Å². The van der Waals surface area contributed by atoms with Gasteiger partial charge in [0.05, 0.1) is 11.2 Å². The first-order valence-corrected chi connectivity index (χ1v) is 3.86. The number of nitrogens with zero attached hydrogens (tertiary/aromatic N) is 2. The summed E-state index contributed by atoms with van der Waals surface area (Å²) in [5, 5.41) is 8.85. The number of carboxylic acid groups (broad SMARTS) is 1. The van der Waals surface area contributed by atoms with Crippen LogP contribution in [0.5, 0.6) is 0 Å². The molecule has 0 saturated carbocycles. The summed E-state index contributed by atoms with van der Waals surface area (Å²) in [5.74, 6) is -0.993. The minimum atomic E-state index is -0.993. The van der Waals surface area contributed by atoms with Gasteiger partial charge in [0.25, 0.3) is 0 Å². The van der Waals surface area contributed by atoms with Crippen LogP contribution in [0.2, 0.25) is 0 Å². The second kappa shape index (κ2) is 2.58. The molecule has 66 valence electrons. The fraction of sp³-hybridized carbons (Fsp3) is 0.111. The van der Waals surface area contributed by atoms with Crippen molar-refractivity contribution in [1.82, 2.24) is 9.38 Å². The summed E-state index contributed by atoms with van der Waals surface area (Å²) in [6, 6.07) is 3.53. The molecule has 0 aliphatic rings. The average Bonchev–Trinajstić information content (AvgIpc) is 2.49. The van der Waals surface area contributed by atoms with Gasteiger partial charge in [-0.2, -0.15) is 0 Å². The van der Waals surface area contributed by atoms with Crippen molar-refractivity contribution in [2.45, 2.75) is 6.92 Å². The zero-order chi connectivity index (χ0) is 9.42. The Labute approximate surface area is 74.5 Å². The van der Waals surface area contributed by atoms with Crippen LogP contribution in [0.1, 0.15) is 16.2 Å². The van der Waals surface area contributed by atoms with E-state index in [1.807, 2.05) is 0 Å². The first kappa shape index (κ1) is 7.79. The number of hydrogen-bond acceptors (Lipinski definition) is 2. The summed E-state index contributed by atoms with van der Waals surface area (Å²) in [7, 11) is 0. The molecule has 1 N–H and O–H groups in total. The standard InChI is InChI=1S/C9H8N2O2/c1-6-5-11-4-2-3-7(11)8(10-6)9(12)13/h2-5H,1H3,(H,12,13). The molecule has 0 bridgehead atoms. The molecule has 0 atom stereocenters. The maximum absolute atomic E-state index is 10.8. The number of aryl methyl sites for hydroxylation is 1. The lowest BCUT2D eigenvalue weighted by atomic mass is 10.3. The van der Waals surface area contributed by atoms with Crippen molar-refractivity contribution in [1.29, 1.82) is 0 Å². The van der Waals surface area contributed by atoms with Crippen LogP contribution in [0.3, 0.4) is 0 Å². The Balaban J connectivity index is 2.84. The van der Waals surface area contributed by atoms with E-state index in [0.717, 1.165) is 0 Å². The third-order valence-corrected chi connectivity index (χ3v) is 1.84. The molecule has 2 rings (SSSR count). The third-order valence-electron chi connectivity index (χ3n) is 1.84. The van der Waals surface area contributed by atoms with Crippen molar-refractivity contribution in [3.05, 3.63) is 35.9 Å². The van der Waals surface area contributed by atoms with E-state index in [1.165, 1.54) is 0 Å². The summed E-state index contributed by atoms with van der Waals surface area (Å²) in [6.07, 6.45) is 3.60. The van der Waals surface area contributed by atoms with Gasteiger partial charge in [-0.05, 0) is 19.1 Å². The molecule has 2 heterocycles. The van der Waals surface area contributed by atoms with Gasteiger partial charge in [0.2, 0.25) is 0 Å². The van der Waals surface area contributed by atoms with E-state index in [4.69, 9.17) is 5.11 Å². The number of aromatic carboxylic acids is 1. The summed E-state index contributed by atoms with van der Waals surface area (Å²) in [5.41, 5.74) is 1.42. The van der Waals surface area contributed by atoms with E-state index < -0.39 is 5.97 Å². The average molecular weight is 176 g/mol. The van der Waals surface area contributed by atoms with Crippen LogP contribution in [-0.2, 0) is 0 Å². The Morgan fingerprint density at radius 2 is 2.38 bits per heavy atom. The first-order chi connectivity index (χ1) is 6.18. The summed E-state index contributed by atoms with van der Waals surface area (Å²) in [4.78, 5) is 14.7. The second-order valence-electron chi connectivity index (χ2n) is 2.84. The minimum Gasteiger partial charge on any atom is -0.476 e. The number of carboxylic acids is 1. The molecule has 4 heteroatoms. The van der Waals surface area contributed by atoms with Gasteiger partial charge in [-0.1, -0.05) is 0 Å². The monoisotopic (exact) mass is 176 g/mol. The zero-order valence-corrected chi connectivity index (χ0v) is 7.06. The zero-order valence-electron chi connectivity index (χ0n) is 7.06. The lowest BCUT2D eigenvalue weighted by molar-refractivity contribution is 0.0692. The maximum atomic E-state index is 10.8. The van der Waals surface area contributed by atoms with Gasteiger partial charge in [0, 0.05) is 12.4 Å².